The summed E-state index contributed by atoms with van der Waals surface area (Å²) in [4.78, 5) is 20.3. The van der Waals surface area contributed by atoms with Crippen LogP contribution in [0.15, 0.2) is 22.9 Å². The minimum absolute atomic E-state index is 0.0388. The lowest BCUT2D eigenvalue weighted by molar-refractivity contribution is 0.101. The van der Waals surface area contributed by atoms with E-state index in [9.17, 15) is 4.79 Å². The highest BCUT2D eigenvalue weighted by molar-refractivity contribution is 6.01. The van der Waals surface area contributed by atoms with Crippen LogP contribution in [0.25, 0.3) is 0 Å². The fourth-order valence-electron chi connectivity index (χ4n) is 2.16. The Morgan fingerprint density at radius 3 is 3.20 bits per heavy atom. The molecule has 3 rings (SSSR count). The van der Waals surface area contributed by atoms with Crippen molar-refractivity contribution in [2.75, 3.05) is 11.9 Å². The Hall–Kier alpha value is -2.28. The maximum Gasteiger partial charge on any atom is 0.297 e. The van der Waals surface area contributed by atoms with Crippen LogP contribution in [0.5, 0.6) is 0 Å². The van der Waals surface area contributed by atoms with Gasteiger partial charge in [-0.25, -0.2) is 0 Å². The van der Waals surface area contributed by atoms with Crippen molar-refractivity contribution in [2.24, 2.45) is 0 Å². The second-order valence-corrected chi connectivity index (χ2v) is 4.70. The molecule has 1 aliphatic rings. The summed E-state index contributed by atoms with van der Waals surface area (Å²) in [6.07, 6.45) is 3.69. The summed E-state index contributed by atoms with van der Waals surface area (Å²) in [6.45, 7) is 2.75. The Morgan fingerprint density at radius 1 is 1.55 bits per heavy atom. The first-order valence-electron chi connectivity index (χ1n) is 6.54. The van der Waals surface area contributed by atoms with Crippen molar-refractivity contribution < 1.29 is 9.32 Å². The van der Waals surface area contributed by atoms with E-state index in [0.717, 1.165) is 25.1 Å². The Kier molecular flexibility index (Phi) is 3.42. The number of pyridine rings is 1. The predicted octanol–water partition coefficient (Wildman–Crippen LogP) is 1.45. The van der Waals surface area contributed by atoms with Crippen LogP contribution >= 0.6 is 0 Å². The Morgan fingerprint density at radius 2 is 2.45 bits per heavy atom. The minimum atomic E-state index is -0.394. The molecule has 2 aromatic heterocycles. The SMILES string of the molecule is Cc1ncccc1NC(=O)c1noc(C2CCCN2)n1. The number of nitrogens with one attached hydrogen (secondary N) is 2. The molecule has 1 fully saturated rings. The van der Waals surface area contributed by atoms with Gasteiger partial charge in [-0.15, -0.1) is 0 Å². The number of amides is 1. The fourth-order valence-corrected chi connectivity index (χ4v) is 2.16. The summed E-state index contributed by atoms with van der Waals surface area (Å²) in [5, 5.41) is 9.70. The van der Waals surface area contributed by atoms with E-state index in [1.165, 1.54) is 0 Å². The molecular formula is C13H15N5O2. The Bertz CT molecular complexity index is 619. The molecule has 7 nitrogen and oxygen atoms in total. The largest absolute Gasteiger partial charge is 0.337 e. The van der Waals surface area contributed by atoms with Crippen molar-refractivity contribution in [3.63, 3.8) is 0 Å². The number of aromatic nitrogens is 3. The fraction of sp³-hybridized carbons (Fsp3) is 0.385. The summed E-state index contributed by atoms with van der Waals surface area (Å²) in [5.41, 5.74) is 1.38. The van der Waals surface area contributed by atoms with Crippen LogP contribution < -0.4 is 10.6 Å². The van der Waals surface area contributed by atoms with Crippen LogP contribution in [-0.2, 0) is 0 Å². The van der Waals surface area contributed by atoms with E-state index in [1.807, 2.05) is 6.92 Å². The maximum absolute atomic E-state index is 12.1. The third kappa shape index (κ3) is 2.53. The lowest BCUT2D eigenvalue weighted by atomic mass is 10.2. The molecule has 2 N–H and O–H groups in total. The molecular weight excluding hydrogens is 258 g/mol. The summed E-state index contributed by atoms with van der Waals surface area (Å²) in [7, 11) is 0. The number of rotatable bonds is 3. The van der Waals surface area contributed by atoms with Crippen LogP contribution in [0.3, 0.4) is 0 Å². The van der Waals surface area contributed by atoms with Crippen molar-refractivity contribution in [3.05, 3.63) is 35.7 Å². The van der Waals surface area contributed by atoms with E-state index < -0.39 is 5.91 Å². The molecule has 1 atom stereocenters. The smallest absolute Gasteiger partial charge is 0.297 e. The molecule has 2 aromatic rings. The number of anilines is 1. The molecule has 0 bridgehead atoms. The maximum atomic E-state index is 12.1. The first kappa shape index (κ1) is 12.7. The van der Waals surface area contributed by atoms with Crippen molar-refractivity contribution in [1.82, 2.24) is 20.4 Å². The van der Waals surface area contributed by atoms with Gasteiger partial charge < -0.3 is 15.2 Å². The van der Waals surface area contributed by atoms with Crippen LogP contribution in [0, 0.1) is 6.92 Å². The molecule has 7 heteroatoms. The first-order valence-corrected chi connectivity index (χ1v) is 6.54. The molecule has 1 saturated heterocycles. The van der Waals surface area contributed by atoms with E-state index in [0.29, 0.717) is 11.6 Å². The second kappa shape index (κ2) is 5.38. The lowest BCUT2D eigenvalue weighted by Gasteiger charge is -2.04. The number of hydrogen-bond acceptors (Lipinski definition) is 6. The molecule has 1 aliphatic heterocycles. The zero-order valence-corrected chi connectivity index (χ0v) is 11.1. The molecule has 0 aliphatic carbocycles. The van der Waals surface area contributed by atoms with Crippen molar-refractivity contribution >= 4 is 11.6 Å². The van der Waals surface area contributed by atoms with Crippen LogP contribution in [0.4, 0.5) is 5.69 Å². The summed E-state index contributed by atoms with van der Waals surface area (Å²) < 4.78 is 5.14. The zero-order chi connectivity index (χ0) is 13.9. The predicted molar refractivity (Wildman–Crippen MR) is 71.2 cm³/mol. The van der Waals surface area contributed by atoms with E-state index in [2.05, 4.69) is 25.8 Å². The van der Waals surface area contributed by atoms with Gasteiger partial charge in [0.15, 0.2) is 0 Å². The molecule has 20 heavy (non-hydrogen) atoms. The molecule has 0 radical (unpaired) electrons. The van der Waals surface area contributed by atoms with Crippen molar-refractivity contribution in [2.45, 2.75) is 25.8 Å². The van der Waals surface area contributed by atoms with Crippen molar-refractivity contribution in [3.8, 4) is 0 Å². The number of aryl methyl sites for hydroxylation is 1. The van der Waals surface area contributed by atoms with Gasteiger partial charge in [0.1, 0.15) is 0 Å². The molecule has 0 spiro atoms. The van der Waals surface area contributed by atoms with Gasteiger partial charge in [0.25, 0.3) is 11.7 Å². The van der Waals surface area contributed by atoms with Gasteiger partial charge in [-0.1, -0.05) is 5.16 Å². The average molecular weight is 273 g/mol. The van der Waals surface area contributed by atoms with Gasteiger partial charge in [0.2, 0.25) is 5.89 Å². The molecule has 0 saturated carbocycles. The van der Waals surface area contributed by atoms with Crippen molar-refractivity contribution in [1.29, 1.82) is 0 Å². The highest BCUT2D eigenvalue weighted by Gasteiger charge is 2.24. The van der Waals surface area contributed by atoms with Crippen LogP contribution in [0.2, 0.25) is 0 Å². The third-order valence-electron chi connectivity index (χ3n) is 3.26. The van der Waals surface area contributed by atoms with Gasteiger partial charge in [0, 0.05) is 6.20 Å². The van der Waals surface area contributed by atoms with Gasteiger partial charge in [-0.3, -0.25) is 9.78 Å². The average Bonchev–Trinajstić information content (AvgIpc) is 3.11. The van der Waals surface area contributed by atoms with E-state index >= 15 is 0 Å². The molecule has 1 unspecified atom stereocenters. The topological polar surface area (TPSA) is 92.9 Å². The first-order chi connectivity index (χ1) is 9.74. The van der Waals surface area contributed by atoms with E-state index in [-0.39, 0.29) is 11.9 Å². The summed E-state index contributed by atoms with van der Waals surface area (Å²) in [5.74, 6) is 0.113. The van der Waals surface area contributed by atoms with E-state index in [1.54, 1.807) is 18.3 Å². The molecule has 104 valence electrons. The van der Waals surface area contributed by atoms with E-state index in [4.69, 9.17) is 4.52 Å². The molecule has 0 aromatic carbocycles. The van der Waals surface area contributed by atoms with Crippen LogP contribution in [-0.4, -0.2) is 27.6 Å². The number of hydrogen-bond donors (Lipinski definition) is 2. The molecule has 1 amide bonds. The minimum Gasteiger partial charge on any atom is -0.337 e. The third-order valence-corrected chi connectivity index (χ3v) is 3.26. The van der Waals surface area contributed by atoms with Gasteiger partial charge >= 0.3 is 0 Å². The standard InChI is InChI=1S/C13H15N5O2/c1-8-9(4-2-6-14-8)16-12(19)11-17-13(20-18-11)10-5-3-7-15-10/h2,4,6,10,15H,3,5,7H2,1H3,(H,16,19). The zero-order valence-electron chi connectivity index (χ0n) is 11.1. The summed E-state index contributed by atoms with van der Waals surface area (Å²) >= 11 is 0. The van der Waals surface area contributed by atoms with Crippen LogP contribution in [0.1, 0.15) is 41.1 Å². The van der Waals surface area contributed by atoms with Gasteiger partial charge in [0.05, 0.1) is 17.4 Å². The van der Waals surface area contributed by atoms with Gasteiger partial charge in [-0.2, -0.15) is 4.98 Å². The quantitative estimate of drug-likeness (QED) is 0.879. The number of carbonyl (C=O) groups excluding carboxylic acids is 1. The highest BCUT2D eigenvalue weighted by Crippen LogP contribution is 2.21. The summed E-state index contributed by atoms with van der Waals surface area (Å²) in [6, 6.07) is 3.59. The number of nitrogens with zero attached hydrogens (tertiary/aromatic N) is 3. The normalized spacial score (nSPS) is 18.1. The highest BCUT2D eigenvalue weighted by atomic mass is 16.5. The Labute approximate surface area is 115 Å². The Balaban J connectivity index is 1.73. The second-order valence-electron chi connectivity index (χ2n) is 4.70. The monoisotopic (exact) mass is 273 g/mol. The van der Waals surface area contributed by atoms with Gasteiger partial charge in [-0.05, 0) is 38.4 Å². The lowest BCUT2D eigenvalue weighted by Crippen LogP contribution is -2.16. The molecule has 3 heterocycles. The number of carbonyl (C=O) groups is 1.